The second-order valence-corrected chi connectivity index (χ2v) is 4.45. The zero-order valence-corrected chi connectivity index (χ0v) is 10.2. The standard InChI is InChI=1S/C12H19N3O2/c1-10-8-14-12(16)15(9-10)5-4-13-11-2-6-17-7-3-11/h8-9,11,13H,2-7H2,1H3. The van der Waals surface area contributed by atoms with Crippen LogP contribution in [0.4, 0.5) is 0 Å². The Kier molecular flexibility index (Phi) is 4.28. The van der Waals surface area contributed by atoms with Crippen LogP contribution in [0, 0.1) is 6.92 Å². The van der Waals surface area contributed by atoms with Gasteiger partial charge in [0.2, 0.25) is 0 Å². The first-order valence-electron chi connectivity index (χ1n) is 6.10. The van der Waals surface area contributed by atoms with Gasteiger partial charge in [0.1, 0.15) is 0 Å². The molecule has 1 aromatic heterocycles. The average molecular weight is 237 g/mol. The molecule has 0 aliphatic carbocycles. The van der Waals surface area contributed by atoms with E-state index in [1.165, 1.54) is 0 Å². The third kappa shape index (κ3) is 3.64. The summed E-state index contributed by atoms with van der Waals surface area (Å²) < 4.78 is 6.95. The van der Waals surface area contributed by atoms with E-state index in [2.05, 4.69) is 10.3 Å². The number of aryl methyl sites for hydroxylation is 1. The van der Waals surface area contributed by atoms with Crippen molar-refractivity contribution < 1.29 is 4.74 Å². The van der Waals surface area contributed by atoms with Gasteiger partial charge in [-0.05, 0) is 25.3 Å². The van der Waals surface area contributed by atoms with Gasteiger partial charge in [0.25, 0.3) is 0 Å². The lowest BCUT2D eigenvalue weighted by Gasteiger charge is -2.23. The van der Waals surface area contributed by atoms with Crippen LogP contribution in [0.15, 0.2) is 17.2 Å². The highest BCUT2D eigenvalue weighted by Crippen LogP contribution is 2.05. The van der Waals surface area contributed by atoms with Crippen LogP contribution in [0.1, 0.15) is 18.4 Å². The summed E-state index contributed by atoms with van der Waals surface area (Å²) in [6.07, 6.45) is 5.56. The van der Waals surface area contributed by atoms with Crippen LogP contribution in [-0.4, -0.2) is 35.4 Å². The van der Waals surface area contributed by atoms with Crippen molar-refractivity contribution in [3.05, 3.63) is 28.4 Å². The highest BCUT2D eigenvalue weighted by molar-refractivity contribution is 4.99. The van der Waals surface area contributed by atoms with E-state index in [1.54, 1.807) is 10.8 Å². The van der Waals surface area contributed by atoms with E-state index >= 15 is 0 Å². The molecule has 2 rings (SSSR count). The Labute approximate surface area is 101 Å². The average Bonchev–Trinajstić information content (AvgIpc) is 2.35. The Balaban J connectivity index is 1.81. The Hall–Kier alpha value is -1.20. The Morgan fingerprint density at radius 2 is 2.29 bits per heavy atom. The van der Waals surface area contributed by atoms with Gasteiger partial charge in [-0.2, -0.15) is 0 Å². The molecule has 1 N–H and O–H groups in total. The van der Waals surface area contributed by atoms with Gasteiger partial charge >= 0.3 is 5.69 Å². The number of nitrogens with one attached hydrogen (secondary N) is 1. The molecule has 2 heterocycles. The molecule has 0 unspecified atom stereocenters. The lowest BCUT2D eigenvalue weighted by Crippen LogP contribution is -2.38. The van der Waals surface area contributed by atoms with Crippen LogP contribution >= 0.6 is 0 Å². The first-order valence-corrected chi connectivity index (χ1v) is 6.10. The molecule has 0 bridgehead atoms. The molecule has 1 saturated heterocycles. The second kappa shape index (κ2) is 5.93. The van der Waals surface area contributed by atoms with E-state index < -0.39 is 0 Å². The number of aromatic nitrogens is 2. The molecule has 0 atom stereocenters. The molecular weight excluding hydrogens is 218 g/mol. The van der Waals surface area contributed by atoms with E-state index in [1.807, 2.05) is 13.1 Å². The zero-order chi connectivity index (χ0) is 12.1. The van der Waals surface area contributed by atoms with Crippen molar-refractivity contribution in [2.75, 3.05) is 19.8 Å². The minimum Gasteiger partial charge on any atom is -0.381 e. The number of hydrogen-bond donors (Lipinski definition) is 1. The van der Waals surface area contributed by atoms with E-state index in [-0.39, 0.29) is 5.69 Å². The van der Waals surface area contributed by atoms with Crippen LogP contribution in [-0.2, 0) is 11.3 Å². The van der Waals surface area contributed by atoms with Crippen molar-refractivity contribution in [1.29, 1.82) is 0 Å². The fraction of sp³-hybridized carbons (Fsp3) is 0.667. The molecule has 1 aliphatic heterocycles. The monoisotopic (exact) mass is 237 g/mol. The van der Waals surface area contributed by atoms with Crippen LogP contribution < -0.4 is 11.0 Å². The van der Waals surface area contributed by atoms with Gasteiger partial charge in [0.15, 0.2) is 0 Å². The molecule has 0 saturated carbocycles. The quantitative estimate of drug-likeness (QED) is 0.819. The van der Waals surface area contributed by atoms with Gasteiger partial charge < -0.3 is 10.1 Å². The number of rotatable bonds is 4. The predicted molar refractivity (Wildman–Crippen MR) is 65.1 cm³/mol. The minimum atomic E-state index is -0.177. The van der Waals surface area contributed by atoms with Crippen molar-refractivity contribution in [2.45, 2.75) is 32.4 Å². The lowest BCUT2D eigenvalue weighted by atomic mass is 10.1. The van der Waals surface area contributed by atoms with Crippen molar-refractivity contribution in [1.82, 2.24) is 14.9 Å². The van der Waals surface area contributed by atoms with E-state index in [0.29, 0.717) is 12.6 Å². The van der Waals surface area contributed by atoms with Crippen LogP contribution in [0.3, 0.4) is 0 Å². The number of nitrogens with zero attached hydrogens (tertiary/aromatic N) is 2. The Bertz CT molecular complexity index is 410. The molecule has 1 fully saturated rings. The number of hydrogen-bond acceptors (Lipinski definition) is 4. The lowest BCUT2D eigenvalue weighted by molar-refractivity contribution is 0.0778. The summed E-state index contributed by atoms with van der Waals surface area (Å²) in [6, 6.07) is 0.525. The summed E-state index contributed by atoms with van der Waals surface area (Å²) in [5, 5.41) is 3.45. The molecule has 17 heavy (non-hydrogen) atoms. The van der Waals surface area contributed by atoms with Gasteiger partial charge in [0, 0.05) is 44.7 Å². The summed E-state index contributed by atoms with van der Waals surface area (Å²) in [4.78, 5) is 15.3. The van der Waals surface area contributed by atoms with Crippen molar-refractivity contribution in [2.24, 2.45) is 0 Å². The largest absolute Gasteiger partial charge is 0.381 e. The van der Waals surface area contributed by atoms with Crippen LogP contribution in [0.25, 0.3) is 0 Å². The van der Waals surface area contributed by atoms with Gasteiger partial charge in [-0.15, -0.1) is 0 Å². The van der Waals surface area contributed by atoms with Gasteiger partial charge in [-0.3, -0.25) is 4.57 Å². The SMILES string of the molecule is Cc1cnc(=O)n(CCNC2CCOCC2)c1. The molecule has 0 amide bonds. The fourth-order valence-electron chi connectivity index (χ4n) is 2.02. The Morgan fingerprint density at radius 1 is 1.53 bits per heavy atom. The molecule has 0 aromatic carbocycles. The molecule has 94 valence electrons. The summed E-state index contributed by atoms with van der Waals surface area (Å²) in [5.74, 6) is 0. The molecule has 1 aliphatic rings. The minimum absolute atomic E-state index is 0.177. The normalized spacial score (nSPS) is 17.2. The van der Waals surface area contributed by atoms with Crippen LogP contribution in [0.2, 0.25) is 0 Å². The van der Waals surface area contributed by atoms with E-state index in [4.69, 9.17) is 4.74 Å². The maximum absolute atomic E-state index is 11.5. The Morgan fingerprint density at radius 3 is 3.06 bits per heavy atom. The summed E-state index contributed by atoms with van der Waals surface area (Å²) in [6.45, 7) is 5.09. The van der Waals surface area contributed by atoms with Gasteiger partial charge in [-0.1, -0.05) is 0 Å². The maximum Gasteiger partial charge on any atom is 0.347 e. The van der Waals surface area contributed by atoms with Gasteiger partial charge in [0.05, 0.1) is 0 Å². The van der Waals surface area contributed by atoms with E-state index in [9.17, 15) is 4.79 Å². The van der Waals surface area contributed by atoms with E-state index in [0.717, 1.165) is 38.2 Å². The smallest absolute Gasteiger partial charge is 0.347 e. The van der Waals surface area contributed by atoms with Crippen molar-refractivity contribution >= 4 is 0 Å². The molecule has 5 nitrogen and oxygen atoms in total. The van der Waals surface area contributed by atoms with Crippen molar-refractivity contribution in [3.63, 3.8) is 0 Å². The first kappa shape index (κ1) is 12.3. The highest BCUT2D eigenvalue weighted by Gasteiger charge is 2.12. The molecule has 5 heteroatoms. The summed E-state index contributed by atoms with van der Waals surface area (Å²) >= 11 is 0. The highest BCUT2D eigenvalue weighted by atomic mass is 16.5. The molecule has 0 spiro atoms. The number of ether oxygens (including phenoxy) is 1. The summed E-state index contributed by atoms with van der Waals surface area (Å²) in [5.41, 5.74) is 0.833. The predicted octanol–water partition coefficient (Wildman–Crippen LogP) is 0.320. The van der Waals surface area contributed by atoms with Crippen molar-refractivity contribution in [3.8, 4) is 0 Å². The van der Waals surface area contributed by atoms with Crippen LogP contribution in [0.5, 0.6) is 0 Å². The second-order valence-electron chi connectivity index (χ2n) is 4.45. The summed E-state index contributed by atoms with van der Waals surface area (Å²) in [7, 11) is 0. The fourth-order valence-corrected chi connectivity index (χ4v) is 2.02. The third-order valence-electron chi connectivity index (χ3n) is 2.99. The molecule has 0 radical (unpaired) electrons. The molecule has 1 aromatic rings. The zero-order valence-electron chi connectivity index (χ0n) is 10.2. The van der Waals surface area contributed by atoms with Gasteiger partial charge in [-0.25, -0.2) is 9.78 Å². The first-order chi connectivity index (χ1) is 8.25. The maximum atomic E-state index is 11.5. The topological polar surface area (TPSA) is 56.2 Å². The third-order valence-corrected chi connectivity index (χ3v) is 2.99. The molecular formula is C12H19N3O2.